The summed E-state index contributed by atoms with van der Waals surface area (Å²) in [6.07, 6.45) is 2.94. The summed E-state index contributed by atoms with van der Waals surface area (Å²) >= 11 is 5.88. The largest absolute Gasteiger partial charge is 0.487 e. The second-order valence-electron chi connectivity index (χ2n) is 4.62. The molecule has 6 heteroatoms. The Hall–Kier alpha value is -2.27. The maximum Gasteiger partial charge on any atom is 0.149 e. The van der Waals surface area contributed by atoms with Gasteiger partial charge in [-0.2, -0.15) is 10.2 Å². The van der Waals surface area contributed by atoms with E-state index in [-0.39, 0.29) is 6.61 Å². The minimum atomic E-state index is -0.396. The highest BCUT2D eigenvalue weighted by atomic mass is 35.5. The van der Waals surface area contributed by atoms with Crippen LogP contribution >= 0.6 is 11.6 Å². The lowest BCUT2D eigenvalue weighted by Gasteiger charge is -2.08. The van der Waals surface area contributed by atoms with E-state index >= 15 is 0 Å². The zero-order valence-electron chi connectivity index (χ0n) is 11.2. The first-order valence-corrected chi connectivity index (χ1v) is 6.65. The van der Waals surface area contributed by atoms with Gasteiger partial charge in [-0.3, -0.25) is 4.98 Å². The predicted octanol–water partition coefficient (Wildman–Crippen LogP) is 3.70. The number of ether oxygens (including phenoxy) is 1. The molecule has 21 heavy (non-hydrogen) atoms. The lowest BCUT2D eigenvalue weighted by atomic mass is 10.1. The van der Waals surface area contributed by atoms with Crippen molar-refractivity contribution in [1.29, 1.82) is 0 Å². The number of pyridine rings is 1. The zero-order chi connectivity index (χ0) is 14.8. The van der Waals surface area contributed by atoms with Crippen LogP contribution in [0.25, 0.3) is 10.9 Å². The van der Waals surface area contributed by atoms with Crippen LogP contribution in [0.2, 0.25) is 5.02 Å². The molecule has 0 N–H and O–H groups in total. The number of aryl methyl sites for hydroxylation is 1. The summed E-state index contributed by atoms with van der Waals surface area (Å²) in [4.78, 5) is 3.99. The van der Waals surface area contributed by atoms with Crippen LogP contribution < -0.4 is 4.74 Å². The average molecular weight is 304 g/mol. The molecule has 0 atom stereocenters. The van der Waals surface area contributed by atoms with Gasteiger partial charge in [0.05, 0.1) is 16.9 Å². The number of hydrogen-bond acceptors (Lipinski definition) is 4. The fourth-order valence-corrected chi connectivity index (χ4v) is 2.18. The Balaban J connectivity index is 1.87. The van der Waals surface area contributed by atoms with Gasteiger partial charge in [0.2, 0.25) is 0 Å². The summed E-state index contributed by atoms with van der Waals surface area (Å²) in [7, 11) is 0. The standard InChI is InChI=1S/C15H11ClFN3O/c1-9-2-13(7-19-20-9)21-8-10-3-11-5-12(16)6-18-15(11)14(17)4-10/h2-7H,8H2,1H3. The Labute approximate surface area is 125 Å². The molecule has 2 heterocycles. The Kier molecular flexibility index (Phi) is 3.66. The summed E-state index contributed by atoms with van der Waals surface area (Å²) in [6, 6.07) is 6.65. The lowest BCUT2D eigenvalue weighted by Crippen LogP contribution is -1.99. The summed E-state index contributed by atoms with van der Waals surface area (Å²) in [5.41, 5.74) is 1.75. The van der Waals surface area contributed by atoms with Crippen molar-refractivity contribution < 1.29 is 9.13 Å². The highest BCUT2D eigenvalue weighted by Crippen LogP contribution is 2.22. The van der Waals surface area contributed by atoms with Crippen LogP contribution in [-0.4, -0.2) is 15.2 Å². The lowest BCUT2D eigenvalue weighted by molar-refractivity contribution is 0.303. The fourth-order valence-electron chi connectivity index (χ4n) is 2.01. The van der Waals surface area contributed by atoms with Gasteiger partial charge in [-0.1, -0.05) is 11.6 Å². The highest BCUT2D eigenvalue weighted by Gasteiger charge is 2.07. The number of benzene rings is 1. The van der Waals surface area contributed by atoms with Crippen LogP contribution in [0.1, 0.15) is 11.3 Å². The molecule has 3 rings (SSSR count). The van der Waals surface area contributed by atoms with E-state index in [4.69, 9.17) is 16.3 Å². The molecule has 0 saturated carbocycles. The van der Waals surface area contributed by atoms with E-state index in [2.05, 4.69) is 15.2 Å². The monoisotopic (exact) mass is 303 g/mol. The number of rotatable bonds is 3. The molecule has 4 nitrogen and oxygen atoms in total. The van der Waals surface area contributed by atoms with Crippen LogP contribution in [0, 0.1) is 12.7 Å². The normalized spacial score (nSPS) is 10.8. The van der Waals surface area contributed by atoms with Crippen molar-refractivity contribution in [3.63, 3.8) is 0 Å². The number of nitrogens with zero attached hydrogens (tertiary/aromatic N) is 3. The highest BCUT2D eigenvalue weighted by molar-refractivity contribution is 6.31. The number of fused-ring (bicyclic) bond motifs is 1. The first-order chi connectivity index (χ1) is 10.1. The van der Waals surface area contributed by atoms with E-state index in [1.807, 2.05) is 6.92 Å². The molecule has 0 spiro atoms. The van der Waals surface area contributed by atoms with Crippen LogP contribution in [0.5, 0.6) is 5.75 Å². The molecule has 0 aliphatic rings. The van der Waals surface area contributed by atoms with E-state index in [0.29, 0.717) is 27.2 Å². The molecule has 0 saturated heterocycles. The van der Waals surface area contributed by atoms with E-state index in [1.165, 1.54) is 18.5 Å². The second-order valence-corrected chi connectivity index (χ2v) is 5.06. The molecule has 3 aromatic rings. The Bertz CT molecular complexity index is 810. The average Bonchev–Trinajstić information content (AvgIpc) is 2.45. The minimum Gasteiger partial charge on any atom is -0.487 e. The smallest absolute Gasteiger partial charge is 0.149 e. The van der Waals surface area contributed by atoms with Crippen molar-refractivity contribution >= 4 is 22.5 Å². The van der Waals surface area contributed by atoms with E-state index in [1.54, 1.807) is 18.2 Å². The van der Waals surface area contributed by atoms with Crippen molar-refractivity contribution in [3.05, 3.63) is 58.8 Å². The molecule has 106 valence electrons. The molecule has 0 amide bonds. The number of aromatic nitrogens is 3. The SMILES string of the molecule is Cc1cc(OCc2cc(F)c3ncc(Cl)cc3c2)cnn1. The molecule has 0 bridgehead atoms. The van der Waals surface area contributed by atoms with Crippen LogP contribution in [-0.2, 0) is 6.61 Å². The summed E-state index contributed by atoms with van der Waals surface area (Å²) in [5, 5.41) is 8.76. The van der Waals surface area contributed by atoms with Gasteiger partial charge in [-0.25, -0.2) is 4.39 Å². The third kappa shape index (κ3) is 3.08. The van der Waals surface area contributed by atoms with E-state index < -0.39 is 5.82 Å². The van der Waals surface area contributed by atoms with Crippen molar-refractivity contribution in [3.8, 4) is 5.75 Å². The van der Waals surface area contributed by atoms with Gasteiger partial charge in [0.25, 0.3) is 0 Å². The van der Waals surface area contributed by atoms with Gasteiger partial charge >= 0.3 is 0 Å². The molecule has 0 fully saturated rings. The van der Waals surface area contributed by atoms with Crippen molar-refractivity contribution in [1.82, 2.24) is 15.2 Å². The topological polar surface area (TPSA) is 47.9 Å². The molecular formula is C15H11ClFN3O. The van der Waals surface area contributed by atoms with Gasteiger partial charge in [0.1, 0.15) is 23.7 Å². The molecule has 1 aromatic carbocycles. The maximum absolute atomic E-state index is 14.0. The summed E-state index contributed by atoms with van der Waals surface area (Å²) < 4.78 is 19.6. The Morgan fingerprint density at radius 3 is 2.86 bits per heavy atom. The van der Waals surface area contributed by atoms with Crippen LogP contribution in [0.3, 0.4) is 0 Å². The quantitative estimate of drug-likeness (QED) is 0.740. The Morgan fingerprint density at radius 2 is 2.05 bits per heavy atom. The van der Waals surface area contributed by atoms with E-state index in [0.717, 1.165) is 5.69 Å². The molecule has 0 radical (unpaired) electrons. The minimum absolute atomic E-state index is 0.227. The van der Waals surface area contributed by atoms with Gasteiger partial charge in [0.15, 0.2) is 0 Å². The number of hydrogen-bond donors (Lipinski definition) is 0. The van der Waals surface area contributed by atoms with Crippen LogP contribution in [0.4, 0.5) is 4.39 Å². The fraction of sp³-hybridized carbons (Fsp3) is 0.133. The third-order valence-electron chi connectivity index (χ3n) is 2.92. The van der Waals surface area contributed by atoms with Gasteiger partial charge < -0.3 is 4.74 Å². The predicted molar refractivity (Wildman–Crippen MR) is 77.8 cm³/mol. The van der Waals surface area contributed by atoms with Crippen molar-refractivity contribution in [2.45, 2.75) is 13.5 Å². The summed E-state index contributed by atoms with van der Waals surface area (Å²) in [6.45, 7) is 2.05. The molecule has 0 aliphatic heterocycles. The Morgan fingerprint density at radius 1 is 1.19 bits per heavy atom. The molecular weight excluding hydrogens is 293 g/mol. The summed E-state index contributed by atoms with van der Waals surface area (Å²) in [5.74, 6) is 0.194. The second kappa shape index (κ2) is 5.61. The van der Waals surface area contributed by atoms with Gasteiger partial charge in [-0.05, 0) is 30.7 Å². The molecule has 0 aliphatic carbocycles. The third-order valence-corrected chi connectivity index (χ3v) is 3.13. The van der Waals surface area contributed by atoms with Crippen molar-refractivity contribution in [2.24, 2.45) is 0 Å². The van der Waals surface area contributed by atoms with Crippen molar-refractivity contribution in [2.75, 3.05) is 0 Å². The maximum atomic E-state index is 14.0. The van der Waals surface area contributed by atoms with E-state index in [9.17, 15) is 4.39 Å². The zero-order valence-corrected chi connectivity index (χ0v) is 11.9. The first-order valence-electron chi connectivity index (χ1n) is 6.27. The molecule has 0 unspecified atom stereocenters. The number of halogens is 2. The molecule has 2 aromatic heterocycles. The van der Waals surface area contributed by atoms with Crippen LogP contribution in [0.15, 0.2) is 36.7 Å². The van der Waals surface area contributed by atoms with Gasteiger partial charge in [0, 0.05) is 17.6 Å². The first kappa shape index (κ1) is 13.7. The van der Waals surface area contributed by atoms with Gasteiger partial charge in [-0.15, -0.1) is 0 Å².